The van der Waals surface area contributed by atoms with Gasteiger partial charge < -0.3 is 35.9 Å². The first kappa shape index (κ1) is 25.4. The number of hydrogen-bond acceptors (Lipinski definition) is 8. The maximum atomic E-state index is 14.7. The van der Waals surface area contributed by atoms with Gasteiger partial charge in [-0.3, -0.25) is 9.67 Å². The summed E-state index contributed by atoms with van der Waals surface area (Å²) in [6.45, 7) is 6.73. The summed E-state index contributed by atoms with van der Waals surface area (Å²) >= 11 is 0. The summed E-state index contributed by atoms with van der Waals surface area (Å²) in [6, 6.07) is 1.49. The van der Waals surface area contributed by atoms with Crippen LogP contribution >= 0.6 is 0 Å². The quantitative estimate of drug-likeness (QED) is 0.482. The van der Waals surface area contributed by atoms with Crippen LogP contribution in [0.2, 0.25) is 0 Å². The van der Waals surface area contributed by atoms with Crippen molar-refractivity contribution in [3.05, 3.63) is 23.7 Å². The molecule has 0 unspecified atom stereocenters. The number of likely N-dealkylation sites (N-methyl/N-ethyl adjacent to an activating group) is 1. The van der Waals surface area contributed by atoms with E-state index in [2.05, 4.69) is 27.1 Å². The van der Waals surface area contributed by atoms with Crippen LogP contribution in [0.5, 0.6) is 0 Å². The van der Waals surface area contributed by atoms with E-state index in [1.54, 1.807) is 24.1 Å². The molecule has 5 rings (SSSR count). The van der Waals surface area contributed by atoms with Gasteiger partial charge in [-0.15, -0.1) is 0 Å². The van der Waals surface area contributed by atoms with Crippen LogP contribution in [0, 0.1) is 5.41 Å². The average Bonchev–Trinajstić information content (AvgIpc) is 3.48. The molecule has 2 aliphatic heterocycles. The number of aromatic nitrogens is 3. The van der Waals surface area contributed by atoms with E-state index >= 15 is 0 Å². The summed E-state index contributed by atoms with van der Waals surface area (Å²) in [4.78, 5) is 23.9. The normalized spacial score (nSPS) is 20.7. The number of carbonyl (C=O) groups is 1. The maximum absolute atomic E-state index is 14.7. The number of urea groups is 1. The number of halogens is 1. The molecule has 1 aliphatic carbocycles. The van der Waals surface area contributed by atoms with Gasteiger partial charge in [0.15, 0.2) is 5.82 Å². The Morgan fingerprint density at radius 2 is 2.11 bits per heavy atom. The van der Waals surface area contributed by atoms with Gasteiger partial charge in [-0.2, -0.15) is 5.10 Å². The fourth-order valence-electron chi connectivity index (χ4n) is 5.24. The minimum absolute atomic E-state index is 0.0533. The molecule has 200 valence electrons. The molecule has 1 spiro atoms. The molecule has 3 aliphatic rings. The van der Waals surface area contributed by atoms with E-state index in [-0.39, 0.29) is 35.6 Å². The number of methoxy groups -OCH3 is 1. The Bertz CT molecular complexity index is 1240. The Morgan fingerprint density at radius 3 is 2.73 bits per heavy atom. The van der Waals surface area contributed by atoms with Crippen molar-refractivity contribution < 1.29 is 13.9 Å². The molecule has 1 saturated carbocycles. The van der Waals surface area contributed by atoms with Crippen LogP contribution in [0.15, 0.2) is 18.0 Å². The Labute approximate surface area is 215 Å². The minimum atomic E-state index is -1.49. The van der Waals surface area contributed by atoms with E-state index in [9.17, 15) is 9.18 Å². The first-order valence-electron chi connectivity index (χ1n) is 12.6. The van der Waals surface area contributed by atoms with E-state index in [4.69, 9.17) is 21.0 Å². The summed E-state index contributed by atoms with van der Waals surface area (Å²) in [7, 11) is 3.75. The highest BCUT2D eigenvalue weighted by atomic mass is 19.1. The molecule has 2 amide bonds. The van der Waals surface area contributed by atoms with Crippen molar-refractivity contribution >= 4 is 34.7 Å². The first-order chi connectivity index (χ1) is 17.5. The number of amides is 2. The number of pyridine rings is 1. The minimum Gasteiger partial charge on any atom is -0.395 e. The SMILES string of the molecule is COC1CN(c2nn(CC(C)(C)F)c3cc(/C(N)=C(/C=N)NC(=O)N4CCN(C)CC45CC5)ncc23)C1. The molecule has 0 bridgehead atoms. The van der Waals surface area contributed by atoms with E-state index in [1.807, 2.05) is 4.90 Å². The third kappa shape index (κ3) is 4.87. The van der Waals surface area contributed by atoms with Gasteiger partial charge in [-0.1, -0.05) is 0 Å². The van der Waals surface area contributed by atoms with E-state index < -0.39 is 5.67 Å². The van der Waals surface area contributed by atoms with Gasteiger partial charge in [0, 0.05) is 52.2 Å². The van der Waals surface area contributed by atoms with Gasteiger partial charge >= 0.3 is 6.03 Å². The molecule has 11 nitrogen and oxygen atoms in total. The topological polar surface area (TPSA) is 129 Å². The standard InChI is InChI=1S/C25H36FN9O2/c1-24(2,26)14-35-20-9-18(29-11-17(20)22(31-35)33-12-16(13-33)37-4)21(28)19(10-27)30-23(36)34-8-7-32(3)15-25(34)5-6-25/h9-11,16,27H,5-8,12-15,28H2,1-4H3,(H,30,36)/b21-19+,27-10?. The number of alkyl halides is 1. The van der Waals surface area contributed by atoms with Crippen LogP contribution in [-0.4, -0.2) is 101 Å². The van der Waals surface area contributed by atoms with Crippen LogP contribution < -0.4 is 16.0 Å². The molecule has 3 fully saturated rings. The molecule has 0 atom stereocenters. The first-order valence-corrected chi connectivity index (χ1v) is 12.6. The summed E-state index contributed by atoms with van der Waals surface area (Å²) in [6.07, 6.45) is 4.79. The second-order valence-electron chi connectivity index (χ2n) is 11.1. The van der Waals surface area contributed by atoms with Gasteiger partial charge in [0.1, 0.15) is 5.67 Å². The highest BCUT2D eigenvalue weighted by Gasteiger charge is 2.52. The number of hydrogen-bond donors (Lipinski definition) is 3. The lowest BCUT2D eigenvalue weighted by Gasteiger charge is -2.40. The summed E-state index contributed by atoms with van der Waals surface area (Å²) in [5.41, 5.74) is 6.23. The number of nitrogens with one attached hydrogen (secondary N) is 2. The molecule has 4 heterocycles. The highest BCUT2D eigenvalue weighted by Crippen LogP contribution is 2.44. The van der Waals surface area contributed by atoms with Crippen molar-refractivity contribution in [3.63, 3.8) is 0 Å². The zero-order chi connectivity index (χ0) is 26.5. The largest absolute Gasteiger partial charge is 0.395 e. The molecule has 2 aromatic rings. The van der Waals surface area contributed by atoms with E-state index in [0.29, 0.717) is 30.8 Å². The number of nitrogens with two attached hydrogens (primary N) is 1. The maximum Gasteiger partial charge on any atom is 0.322 e. The predicted octanol–water partition coefficient (Wildman–Crippen LogP) is 1.78. The number of ether oxygens (including phenoxy) is 1. The number of nitrogens with zero attached hydrogens (tertiary/aromatic N) is 6. The molecule has 0 aromatic carbocycles. The van der Waals surface area contributed by atoms with Crippen molar-refractivity contribution in [2.24, 2.45) is 5.73 Å². The number of piperazine rings is 1. The molecule has 4 N–H and O–H groups in total. The molecule has 2 aromatic heterocycles. The number of carbonyl (C=O) groups excluding carboxylic acids is 1. The molecule has 0 radical (unpaired) electrons. The highest BCUT2D eigenvalue weighted by molar-refractivity contribution is 5.96. The zero-order valence-corrected chi connectivity index (χ0v) is 21.9. The summed E-state index contributed by atoms with van der Waals surface area (Å²) < 4.78 is 21.7. The number of rotatable bonds is 7. The van der Waals surface area contributed by atoms with Gasteiger partial charge in [-0.25, -0.2) is 9.18 Å². The third-order valence-corrected chi connectivity index (χ3v) is 7.49. The van der Waals surface area contributed by atoms with E-state index in [1.165, 1.54) is 13.8 Å². The summed E-state index contributed by atoms with van der Waals surface area (Å²) in [5, 5.41) is 16.2. The lowest BCUT2D eigenvalue weighted by molar-refractivity contribution is 0.0783. The van der Waals surface area contributed by atoms with Gasteiger partial charge in [0.05, 0.1) is 46.2 Å². The second-order valence-corrected chi connectivity index (χ2v) is 11.1. The van der Waals surface area contributed by atoms with Crippen molar-refractivity contribution in [2.45, 2.75) is 50.5 Å². The molecule has 12 heteroatoms. The number of allylic oxidation sites excluding steroid dienone is 1. The monoisotopic (exact) mass is 513 g/mol. The van der Waals surface area contributed by atoms with Crippen molar-refractivity contribution in [1.29, 1.82) is 5.41 Å². The van der Waals surface area contributed by atoms with Crippen molar-refractivity contribution in [3.8, 4) is 0 Å². The predicted molar refractivity (Wildman–Crippen MR) is 140 cm³/mol. The Kier molecular flexibility index (Phi) is 6.35. The van der Waals surface area contributed by atoms with Crippen LogP contribution in [0.25, 0.3) is 16.6 Å². The number of anilines is 1. The molecule has 2 saturated heterocycles. The average molecular weight is 514 g/mol. The fraction of sp³-hybridized carbons (Fsp3) is 0.600. The zero-order valence-electron chi connectivity index (χ0n) is 21.9. The van der Waals surface area contributed by atoms with Crippen molar-refractivity contribution in [1.82, 2.24) is 29.9 Å². The van der Waals surface area contributed by atoms with Gasteiger partial charge in [0.2, 0.25) is 0 Å². The molecule has 37 heavy (non-hydrogen) atoms. The van der Waals surface area contributed by atoms with Crippen LogP contribution in [-0.2, 0) is 11.3 Å². The van der Waals surface area contributed by atoms with Crippen molar-refractivity contribution in [2.75, 3.05) is 51.8 Å². The Hall–Kier alpha value is -3.25. The smallest absolute Gasteiger partial charge is 0.322 e. The Morgan fingerprint density at radius 1 is 1.38 bits per heavy atom. The molecular weight excluding hydrogens is 477 g/mol. The third-order valence-electron chi connectivity index (χ3n) is 7.49. The van der Waals surface area contributed by atoms with Crippen LogP contribution in [0.1, 0.15) is 32.4 Å². The Balaban J connectivity index is 1.45. The van der Waals surface area contributed by atoms with Gasteiger partial charge in [-0.05, 0) is 39.8 Å². The van der Waals surface area contributed by atoms with E-state index in [0.717, 1.165) is 43.3 Å². The number of fused-ring (bicyclic) bond motifs is 1. The lowest BCUT2D eigenvalue weighted by atomic mass is 10.1. The molecular formula is C25H36FN9O2. The van der Waals surface area contributed by atoms with Crippen LogP contribution in [0.4, 0.5) is 15.0 Å². The summed E-state index contributed by atoms with van der Waals surface area (Å²) in [5.74, 6) is 0.722. The fourth-order valence-corrected chi connectivity index (χ4v) is 5.24. The lowest BCUT2D eigenvalue weighted by Crippen LogP contribution is -2.58. The van der Waals surface area contributed by atoms with Gasteiger partial charge in [0.25, 0.3) is 0 Å². The van der Waals surface area contributed by atoms with Crippen LogP contribution in [0.3, 0.4) is 0 Å². The second kappa shape index (κ2) is 9.25.